The lowest BCUT2D eigenvalue weighted by molar-refractivity contribution is 0.0953. The van der Waals surface area contributed by atoms with E-state index in [-0.39, 0.29) is 5.91 Å². The Morgan fingerprint density at radius 1 is 1.35 bits per heavy atom. The van der Waals surface area contributed by atoms with E-state index < -0.39 is 0 Å². The Morgan fingerprint density at radius 2 is 2.05 bits per heavy atom. The van der Waals surface area contributed by atoms with Gasteiger partial charge in [0.05, 0.1) is 0 Å². The fourth-order valence-electron chi connectivity index (χ4n) is 2.30. The van der Waals surface area contributed by atoms with Crippen LogP contribution in [-0.4, -0.2) is 55.2 Å². The second kappa shape index (κ2) is 6.60. The van der Waals surface area contributed by atoms with Gasteiger partial charge in [-0.3, -0.25) is 19.9 Å². The third-order valence-electron chi connectivity index (χ3n) is 3.60. The number of piperazine rings is 1. The Hall–Kier alpha value is -1.76. The van der Waals surface area contributed by atoms with E-state index in [1.54, 1.807) is 18.2 Å². The summed E-state index contributed by atoms with van der Waals surface area (Å²) in [7, 11) is 2.09. The Morgan fingerprint density at radius 3 is 2.65 bits per heavy atom. The summed E-state index contributed by atoms with van der Waals surface area (Å²) in [4.78, 5) is 27.1. The molecule has 2 rings (SSSR count). The van der Waals surface area contributed by atoms with Crippen LogP contribution in [0.2, 0.25) is 0 Å². The Labute approximate surface area is 118 Å². The summed E-state index contributed by atoms with van der Waals surface area (Å²) < 4.78 is 0. The summed E-state index contributed by atoms with van der Waals surface area (Å²) in [6, 6.07) is 4.90. The molecule has 0 bridgehead atoms. The third-order valence-corrected chi connectivity index (χ3v) is 3.60. The predicted octanol–water partition coefficient (Wildman–Crippen LogP) is -0.505. The van der Waals surface area contributed by atoms with Gasteiger partial charge >= 0.3 is 0 Å². The van der Waals surface area contributed by atoms with Crippen LogP contribution in [0.3, 0.4) is 0 Å². The Kier molecular flexibility index (Phi) is 4.84. The van der Waals surface area contributed by atoms with Crippen LogP contribution in [0, 0.1) is 0 Å². The lowest BCUT2D eigenvalue weighted by atomic mass is 10.0. The summed E-state index contributed by atoms with van der Waals surface area (Å²) in [5.74, 6) is 4.77. The van der Waals surface area contributed by atoms with Crippen molar-refractivity contribution in [2.45, 2.75) is 6.54 Å². The van der Waals surface area contributed by atoms with Gasteiger partial charge in [-0.1, -0.05) is 0 Å². The largest absolute Gasteiger partial charge is 0.304 e. The first-order valence-corrected chi connectivity index (χ1v) is 6.57. The maximum atomic E-state index is 11.5. The minimum Gasteiger partial charge on any atom is -0.304 e. The lowest BCUT2D eigenvalue weighted by Crippen LogP contribution is -2.44. The van der Waals surface area contributed by atoms with E-state index in [4.69, 9.17) is 5.84 Å². The van der Waals surface area contributed by atoms with Gasteiger partial charge in [0.1, 0.15) is 0 Å². The third kappa shape index (κ3) is 3.41. The maximum Gasteiger partial charge on any atom is 0.265 e. The zero-order chi connectivity index (χ0) is 14.5. The van der Waals surface area contributed by atoms with Crippen molar-refractivity contribution in [2.75, 3.05) is 33.2 Å². The monoisotopic (exact) mass is 275 g/mol. The van der Waals surface area contributed by atoms with Gasteiger partial charge in [0.25, 0.3) is 5.91 Å². The summed E-state index contributed by atoms with van der Waals surface area (Å²) in [5, 5.41) is 0. The SMILES string of the molecule is CN1CCN(Cc2cc(C(=O)NN)ccc2[C]=O)CC1. The molecule has 3 N–H and O–H groups in total. The van der Waals surface area contributed by atoms with Crippen LogP contribution >= 0.6 is 0 Å². The molecule has 6 heteroatoms. The predicted molar refractivity (Wildman–Crippen MR) is 75.7 cm³/mol. The highest BCUT2D eigenvalue weighted by Gasteiger charge is 2.16. The molecule has 0 saturated carbocycles. The number of benzene rings is 1. The van der Waals surface area contributed by atoms with E-state index in [9.17, 15) is 9.59 Å². The lowest BCUT2D eigenvalue weighted by Gasteiger charge is -2.32. The van der Waals surface area contributed by atoms with Crippen molar-refractivity contribution in [2.24, 2.45) is 5.84 Å². The van der Waals surface area contributed by atoms with Gasteiger partial charge in [-0.05, 0) is 30.8 Å². The number of carbonyl (C=O) groups is 1. The molecule has 0 atom stereocenters. The molecular weight excluding hydrogens is 256 g/mol. The van der Waals surface area contributed by atoms with E-state index in [1.165, 1.54) is 0 Å². The second-order valence-corrected chi connectivity index (χ2v) is 5.03. The zero-order valence-corrected chi connectivity index (χ0v) is 11.6. The number of nitrogen functional groups attached to an aromatic ring is 1. The number of rotatable bonds is 4. The Balaban J connectivity index is 2.16. The van der Waals surface area contributed by atoms with Crippen LogP contribution in [0.25, 0.3) is 0 Å². The molecule has 6 nitrogen and oxygen atoms in total. The minimum atomic E-state index is -0.359. The first kappa shape index (κ1) is 14.6. The smallest absolute Gasteiger partial charge is 0.265 e. The van der Waals surface area contributed by atoms with Crippen molar-refractivity contribution >= 4 is 12.2 Å². The molecule has 1 aromatic carbocycles. The number of nitrogens with zero attached hydrogens (tertiary/aromatic N) is 2. The molecule has 1 aromatic rings. The molecule has 20 heavy (non-hydrogen) atoms. The van der Waals surface area contributed by atoms with Crippen LogP contribution in [0.5, 0.6) is 0 Å². The van der Waals surface area contributed by atoms with Gasteiger partial charge in [-0.25, -0.2) is 5.84 Å². The molecule has 1 fully saturated rings. The summed E-state index contributed by atoms with van der Waals surface area (Å²) in [5.41, 5.74) is 3.86. The fraction of sp³-hybridized carbons (Fsp3) is 0.429. The molecule has 1 amide bonds. The van der Waals surface area contributed by atoms with Crippen molar-refractivity contribution in [1.82, 2.24) is 15.2 Å². The number of hydrogen-bond acceptors (Lipinski definition) is 5. The van der Waals surface area contributed by atoms with Crippen LogP contribution < -0.4 is 11.3 Å². The molecule has 1 aliphatic heterocycles. The van der Waals surface area contributed by atoms with Crippen molar-refractivity contribution in [1.29, 1.82) is 0 Å². The van der Waals surface area contributed by atoms with Gasteiger partial charge in [0.15, 0.2) is 0 Å². The van der Waals surface area contributed by atoms with Crippen molar-refractivity contribution in [3.05, 3.63) is 34.9 Å². The van der Waals surface area contributed by atoms with E-state index in [0.717, 1.165) is 31.7 Å². The van der Waals surface area contributed by atoms with E-state index in [2.05, 4.69) is 22.3 Å². The average molecular weight is 275 g/mol. The van der Waals surface area contributed by atoms with Gasteiger partial charge in [-0.15, -0.1) is 0 Å². The van der Waals surface area contributed by atoms with Gasteiger partial charge in [0, 0.05) is 43.9 Å². The molecule has 0 spiro atoms. The molecule has 1 heterocycles. The molecule has 107 valence electrons. The normalized spacial score (nSPS) is 16.9. The zero-order valence-electron chi connectivity index (χ0n) is 11.6. The van der Waals surface area contributed by atoms with Crippen molar-refractivity contribution < 1.29 is 9.59 Å². The fourth-order valence-corrected chi connectivity index (χ4v) is 2.30. The molecule has 1 aliphatic rings. The van der Waals surface area contributed by atoms with E-state index in [1.807, 2.05) is 6.29 Å². The summed E-state index contributed by atoms with van der Waals surface area (Å²) in [6.07, 6.45) is 1.93. The highest BCUT2D eigenvalue weighted by Crippen LogP contribution is 2.14. The van der Waals surface area contributed by atoms with Crippen LogP contribution in [0.15, 0.2) is 18.2 Å². The van der Waals surface area contributed by atoms with Crippen LogP contribution in [-0.2, 0) is 11.3 Å². The highest BCUT2D eigenvalue weighted by molar-refractivity contribution is 5.95. The quantitative estimate of drug-likeness (QED) is 0.440. The second-order valence-electron chi connectivity index (χ2n) is 5.03. The van der Waals surface area contributed by atoms with E-state index >= 15 is 0 Å². The number of nitrogens with one attached hydrogen (secondary N) is 1. The highest BCUT2D eigenvalue weighted by atomic mass is 16.2. The number of amides is 1. The van der Waals surface area contributed by atoms with Crippen LogP contribution in [0.1, 0.15) is 21.5 Å². The maximum absolute atomic E-state index is 11.5. The molecule has 1 radical (unpaired) electrons. The van der Waals surface area contributed by atoms with Crippen molar-refractivity contribution in [3.8, 4) is 0 Å². The number of hydrogen-bond donors (Lipinski definition) is 2. The summed E-state index contributed by atoms with van der Waals surface area (Å²) >= 11 is 0. The first-order valence-electron chi connectivity index (χ1n) is 6.57. The van der Waals surface area contributed by atoms with Gasteiger partial charge < -0.3 is 4.90 Å². The Bertz CT molecular complexity index is 496. The standard InChI is InChI=1S/C14H19N4O2/c1-17-4-6-18(7-5-17)9-13-8-11(14(20)16-15)2-3-12(13)10-19/h2-3,8H,4-7,9,15H2,1H3,(H,16,20). The molecule has 0 aromatic heterocycles. The minimum absolute atomic E-state index is 0.359. The number of hydrazine groups is 1. The average Bonchev–Trinajstić information content (AvgIpc) is 2.48. The summed E-state index contributed by atoms with van der Waals surface area (Å²) in [6.45, 7) is 4.54. The number of likely N-dealkylation sites (N-methyl/N-ethyl adjacent to an activating group) is 1. The van der Waals surface area contributed by atoms with Crippen LogP contribution in [0.4, 0.5) is 0 Å². The molecule has 0 aliphatic carbocycles. The molecule has 0 unspecified atom stereocenters. The van der Waals surface area contributed by atoms with Crippen molar-refractivity contribution in [3.63, 3.8) is 0 Å². The first-order chi connectivity index (χ1) is 9.63. The van der Waals surface area contributed by atoms with Gasteiger partial charge in [0.2, 0.25) is 6.29 Å². The number of carbonyl (C=O) groups excluding carboxylic acids is 2. The number of nitrogens with two attached hydrogens (primary N) is 1. The van der Waals surface area contributed by atoms with E-state index in [0.29, 0.717) is 17.7 Å². The molecular formula is C14H19N4O2. The van der Waals surface area contributed by atoms with Gasteiger partial charge in [-0.2, -0.15) is 0 Å². The molecule has 1 saturated heterocycles. The topological polar surface area (TPSA) is 78.7 Å².